The molecule has 0 saturated carbocycles. The zero-order chi connectivity index (χ0) is 10.5. The van der Waals surface area contributed by atoms with Gasteiger partial charge < -0.3 is 0 Å². The van der Waals surface area contributed by atoms with Crippen molar-refractivity contribution < 1.29 is 0 Å². The molecule has 0 aliphatic heterocycles. The molecule has 15 heavy (non-hydrogen) atoms. The number of hydrogen-bond donors (Lipinski definition) is 0. The van der Waals surface area contributed by atoms with Crippen LogP contribution in [0.4, 0.5) is 0 Å². The highest BCUT2D eigenvalue weighted by Gasteiger charge is 2.12. The van der Waals surface area contributed by atoms with Gasteiger partial charge in [0.2, 0.25) is 0 Å². The van der Waals surface area contributed by atoms with Crippen molar-refractivity contribution >= 4 is 5.57 Å². The van der Waals surface area contributed by atoms with Crippen molar-refractivity contribution in [3.05, 3.63) is 54.1 Å². The predicted molar refractivity (Wildman–Crippen MR) is 66.6 cm³/mol. The van der Waals surface area contributed by atoms with Crippen LogP contribution >= 0.6 is 0 Å². The molecule has 1 aliphatic carbocycles. The second kappa shape index (κ2) is 4.97. The van der Waals surface area contributed by atoms with Gasteiger partial charge in [0.15, 0.2) is 0 Å². The first kappa shape index (κ1) is 10.2. The molecule has 0 nitrogen and oxygen atoms in total. The van der Waals surface area contributed by atoms with Gasteiger partial charge in [0, 0.05) is 0 Å². The van der Waals surface area contributed by atoms with E-state index < -0.39 is 0 Å². The Morgan fingerprint density at radius 3 is 2.53 bits per heavy atom. The van der Waals surface area contributed by atoms with Crippen LogP contribution in [0.15, 0.2) is 48.6 Å². The molecule has 0 aromatic heterocycles. The lowest BCUT2D eigenvalue weighted by Crippen LogP contribution is -1.98. The molecule has 0 heterocycles. The van der Waals surface area contributed by atoms with Gasteiger partial charge in [-0.1, -0.05) is 42.0 Å². The summed E-state index contributed by atoms with van der Waals surface area (Å²) in [4.78, 5) is 0. The molecule has 0 spiro atoms. The summed E-state index contributed by atoms with van der Waals surface area (Å²) < 4.78 is 0. The molecular formula is C15H18. The number of benzene rings is 1. The summed E-state index contributed by atoms with van der Waals surface area (Å²) in [5.74, 6) is 0. The molecule has 0 fully saturated rings. The molecule has 2 rings (SSSR count). The van der Waals surface area contributed by atoms with Crippen LogP contribution < -0.4 is 0 Å². The van der Waals surface area contributed by atoms with Crippen LogP contribution in [0.2, 0.25) is 0 Å². The van der Waals surface area contributed by atoms with E-state index in [2.05, 4.69) is 36.9 Å². The highest BCUT2D eigenvalue weighted by molar-refractivity contribution is 5.69. The van der Waals surface area contributed by atoms with Crippen molar-refractivity contribution in [1.29, 1.82) is 0 Å². The van der Waals surface area contributed by atoms with Crippen LogP contribution in [0.25, 0.3) is 5.57 Å². The summed E-state index contributed by atoms with van der Waals surface area (Å²) in [6.07, 6.45) is 8.28. The predicted octanol–water partition coefficient (Wildman–Crippen LogP) is 4.59. The van der Waals surface area contributed by atoms with Crippen LogP contribution in [0.3, 0.4) is 0 Å². The second-order valence-corrected chi connectivity index (χ2v) is 4.15. The number of hydrogen-bond acceptors (Lipinski definition) is 0. The summed E-state index contributed by atoms with van der Waals surface area (Å²) in [6.45, 7) is 3.85. The van der Waals surface area contributed by atoms with Crippen molar-refractivity contribution in [2.24, 2.45) is 0 Å². The number of allylic oxidation sites excluding steroid dienone is 3. The van der Waals surface area contributed by atoms with E-state index in [1.807, 2.05) is 6.08 Å². The summed E-state index contributed by atoms with van der Waals surface area (Å²) in [7, 11) is 0. The average molecular weight is 198 g/mol. The van der Waals surface area contributed by atoms with Gasteiger partial charge in [0.25, 0.3) is 0 Å². The summed E-state index contributed by atoms with van der Waals surface area (Å²) in [6, 6.07) is 10.8. The molecule has 0 atom stereocenters. The Hall–Kier alpha value is -1.30. The molecule has 78 valence electrons. The van der Waals surface area contributed by atoms with Gasteiger partial charge in [-0.3, -0.25) is 0 Å². The van der Waals surface area contributed by atoms with Gasteiger partial charge in [-0.15, -0.1) is 6.58 Å². The fraction of sp³-hybridized carbons (Fsp3) is 0.333. The maximum Gasteiger partial charge on any atom is -0.0135 e. The molecule has 0 amide bonds. The largest absolute Gasteiger partial charge is 0.103 e. The number of rotatable bonds is 3. The van der Waals surface area contributed by atoms with Gasteiger partial charge >= 0.3 is 0 Å². The van der Waals surface area contributed by atoms with E-state index in [9.17, 15) is 0 Å². The molecule has 0 bridgehead atoms. The van der Waals surface area contributed by atoms with Crippen molar-refractivity contribution in [3.63, 3.8) is 0 Å². The first-order chi connectivity index (χ1) is 7.42. The fourth-order valence-corrected chi connectivity index (χ4v) is 2.36. The SMILES string of the molecule is C=CCC1=C(c2ccccc2)CCCC1. The third-order valence-electron chi connectivity index (χ3n) is 3.10. The van der Waals surface area contributed by atoms with E-state index in [1.54, 1.807) is 11.1 Å². The van der Waals surface area contributed by atoms with Crippen molar-refractivity contribution in [1.82, 2.24) is 0 Å². The lowest BCUT2D eigenvalue weighted by Gasteiger charge is -2.19. The monoisotopic (exact) mass is 198 g/mol. The summed E-state index contributed by atoms with van der Waals surface area (Å²) in [5, 5.41) is 0. The van der Waals surface area contributed by atoms with Crippen LogP contribution in [0.1, 0.15) is 37.7 Å². The molecule has 1 aromatic carbocycles. The Bertz CT molecular complexity index is 357. The molecular weight excluding hydrogens is 180 g/mol. The fourth-order valence-electron chi connectivity index (χ4n) is 2.36. The third kappa shape index (κ3) is 2.38. The Balaban J connectivity index is 2.34. The molecule has 0 unspecified atom stereocenters. The lowest BCUT2D eigenvalue weighted by atomic mass is 9.86. The zero-order valence-corrected chi connectivity index (χ0v) is 9.21. The molecule has 1 aliphatic rings. The molecule has 0 heteroatoms. The van der Waals surface area contributed by atoms with E-state index >= 15 is 0 Å². The Labute approximate surface area is 92.3 Å². The molecule has 0 N–H and O–H groups in total. The third-order valence-corrected chi connectivity index (χ3v) is 3.10. The topological polar surface area (TPSA) is 0 Å². The highest BCUT2D eigenvalue weighted by atomic mass is 14.2. The van der Waals surface area contributed by atoms with Gasteiger partial charge in [-0.25, -0.2) is 0 Å². The van der Waals surface area contributed by atoms with Gasteiger partial charge in [-0.05, 0) is 43.2 Å². The van der Waals surface area contributed by atoms with E-state index in [-0.39, 0.29) is 0 Å². The highest BCUT2D eigenvalue weighted by Crippen LogP contribution is 2.33. The van der Waals surface area contributed by atoms with Crippen LogP contribution in [0, 0.1) is 0 Å². The maximum atomic E-state index is 3.85. The van der Waals surface area contributed by atoms with Crippen LogP contribution in [-0.4, -0.2) is 0 Å². The molecule has 0 radical (unpaired) electrons. The smallest absolute Gasteiger partial charge is 0.0135 e. The van der Waals surface area contributed by atoms with Gasteiger partial charge in [-0.2, -0.15) is 0 Å². The van der Waals surface area contributed by atoms with E-state index in [0.29, 0.717) is 0 Å². The minimum Gasteiger partial charge on any atom is -0.103 e. The standard InChI is InChI=1S/C15H18/c1-2-8-13-11-6-7-12-15(13)14-9-4-3-5-10-14/h2-5,9-10H,1,6-8,11-12H2. The van der Waals surface area contributed by atoms with E-state index in [0.717, 1.165) is 6.42 Å². The zero-order valence-electron chi connectivity index (χ0n) is 9.21. The summed E-state index contributed by atoms with van der Waals surface area (Å²) in [5.41, 5.74) is 4.58. The van der Waals surface area contributed by atoms with Crippen molar-refractivity contribution in [2.75, 3.05) is 0 Å². The first-order valence-electron chi connectivity index (χ1n) is 5.79. The normalized spacial score (nSPS) is 16.5. The van der Waals surface area contributed by atoms with Gasteiger partial charge in [0.1, 0.15) is 0 Å². The van der Waals surface area contributed by atoms with Gasteiger partial charge in [0.05, 0.1) is 0 Å². The van der Waals surface area contributed by atoms with Crippen LogP contribution in [0.5, 0.6) is 0 Å². The Kier molecular flexibility index (Phi) is 3.39. The average Bonchev–Trinajstić information content (AvgIpc) is 2.31. The minimum atomic E-state index is 1.06. The molecule has 0 saturated heterocycles. The van der Waals surface area contributed by atoms with E-state index in [1.165, 1.54) is 31.2 Å². The summed E-state index contributed by atoms with van der Waals surface area (Å²) >= 11 is 0. The Morgan fingerprint density at radius 1 is 1.07 bits per heavy atom. The van der Waals surface area contributed by atoms with Crippen molar-refractivity contribution in [2.45, 2.75) is 32.1 Å². The van der Waals surface area contributed by atoms with E-state index in [4.69, 9.17) is 0 Å². The maximum absolute atomic E-state index is 3.85. The minimum absolute atomic E-state index is 1.06. The first-order valence-corrected chi connectivity index (χ1v) is 5.79. The second-order valence-electron chi connectivity index (χ2n) is 4.15. The molecule has 1 aromatic rings. The Morgan fingerprint density at radius 2 is 1.80 bits per heavy atom. The van der Waals surface area contributed by atoms with Crippen LogP contribution in [-0.2, 0) is 0 Å². The quantitative estimate of drug-likeness (QED) is 0.623. The lowest BCUT2D eigenvalue weighted by molar-refractivity contribution is 0.704. The van der Waals surface area contributed by atoms with Crippen molar-refractivity contribution in [3.8, 4) is 0 Å².